The van der Waals surface area contributed by atoms with Gasteiger partial charge in [0, 0.05) is 25.3 Å². The van der Waals surface area contributed by atoms with Gasteiger partial charge in [-0.1, -0.05) is 0 Å². The molecule has 0 fully saturated rings. The molecule has 1 unspecified atom stereocenters. The number of likely N-dealkylation sites (N-methyl/N-ethyl adjacent to an activating group) is 1. The summed E-state index contributed by atoms with van der Waals surface area (Å²) in [4.78, 5) is 2.25. The van der Waals surface area contributed by atoms with Crippen LogP contribution in [0, 0.1) is 0 Å². The van der Waals surface area contributed by atoms with Crippen LogP contribution in [0.3, 0.4) is 0 Å². The van der Waals surface area contributed by atoms with Crippen LogP contribution in [-0.4, -0.2) is 47.0 Å². The van der Waals surface area contributed by atoms with Gasteiger partial charge in [0.15, 0.2) is 0 Å². The Balaban J connectivity index is 2.73. The van der Waals surface area contributed by atoms with Gasteiger partial charge in [0.05, 0.1) is 4.90 Å². The molecule has 1 atom stereocenters. The molecule has 1 aromatic carbocycles. The first-order valence-corrected chi connectivity index (χ1v) is 7.29. The van der Waals surface area contributed by atoms with Crippen molar-refractivity contribution in [2.45, 2.75) is 17.9 Å². The fourth-order valence-corrected chi connectivity index (χ4v) is 2.42. The van der Waals surface area contributed by atoms with Crippen molar-refractivity contribution >= 4 is 15.7 Å². The lowest BCUT2D eigenvalue weighted by atomic mass is 10.3. The molecule has 0 bridgehead atoms. The van der Waals surface area contributed by atoms with Crippen molar-refractivity contribution in [2.24, 2.45) is 0 Å². The van der Waals surface area contributed by atoms with E-state index in [0.29, 0.717) is 6.54 Å². The fourth-order valence-electron chi connectivity index (χ4n) is 1.30. The van der Waals surface area contributed by atoms with Gasteiger partial charge in [0.2, 0.25) is 10.0 Å². The van der Waals surface area contributed by atoms with Crippen LogP contribution < -0.4 is 10.0 Å². The van der Waals surface area contributed by atoms with Crippen LogP contribution in [0.25, 0.3) is 0 Å². The molecule has 0 saturated heterocycles. The van der Waals surface area contributed by atoms with Crippen molar-refractivity contribution in [1.29, 1.82) is 0 Å². The minimum Gasteiger partial charge on any atom is -0.388 e. The lowest BCUT2D eigenvalue weighted by Gasteiger charge is -2.20. The summed E-state index contributed by atoms with van der Waals surface area (Å²) in [6, 6.07) is 6.81. The Hall–Kier alpha value is -1.11. The maximum atomic E-state index is 12.0. The lowest BCUT2D eigenvalue weighted by Crippen LogP contribution is -2.38. The molecule has 6 heteroatoms. The zero-order chi connectivity index (χ0) is 13.8. The zero-order valence-corrected chi connectivity index (χ0v) is 12.1. The summed E-state index contributed by atoms with van der Waals surface area (Å²) in [5.74, 6) is 0. The molecule has 18 heavy (non-hydrogen) atoms. The van der Waals surface area contributed by atoms with Crippen LogP contribution in [0.15, 0.2) is 29.2 Å². The summed E-state index contributed by atoms with van der Waals surface area (Å²) < 4.78 is 26.6. The Bertz CT molecular complexity index is 469. The largest absolute Gasteiger partial charge is 0.388 e. The second-order valence-corrected chi connectivity index (χ2v) is 6.21. The van der Waals surface area contributed by atoms with E-state index in [1.165, 1.54) is 0 Å². The van der Waals surface area contributed by atoms with Gasteiger partial charge in [-0.2, -0.15) is 0 Å². The van der Waals surface area contributed by atoms with E-state index in [0.717, 1.165) is 5.69 Å². The molecule has 0 spiro atoms. The zero-order valence-electron chi connectivity index (χ0n) is 11.3. The summed E-state index contributed by atoms with van der Waals surface area (Å²) >= 11 is 0. The van der Waals surface area contributed by atoms with Gasteiger partial charge < -0.3 is 10.2 Å². The number of hydrogen-bond donors (Lipinski definition) is 2. The van der Waals surface area contributed by atoms with Crippen LogP contribution in [0.5, 0.6) is 0 Å². The first-order valence-electron chi connectivity index (χ1n) is 5.80. The highest BCUT2D eigenvalue weighted by molar-refractivity contribution is 7.89. The van der Waals surface area contributed by atoms with E-state index in [9.17, 15) is 8.42 Å². The summed E-state index contributed by atoms with van der Waals surface area (Å²) in [5, 5.41) is 2.95. The van der Waals surface area contributed by atoms with E-state index in [1.54, 1.807) is 31.3 Å². The van der Waals surface area contributed by atoms with E-state index >= 15 is 0 Å². The molecular formula is C12H21N3O2S. The number of nitrogens with zero attached hydrogens (tertiary/aromatic N) is 1. The quantitative estimate of drug-likeness (QED) is 0.809. The molecule has 0 aromatic heterocycles. The van der Waals surface area contributed by atoms with Gasteiger partial charge in [-0.05, 0) is 45.3 Å². The molecule has 102 valence electrons. The minimum atomic E-state index is -3.42. The van der Waals surface area contributed by atoms with Crippen molar-refractivity contribution in [3.63, 3.8) is 0 Å². The van der Waals surface area contributed by atoms with Gasteiger partial charge in [-0.15, -0.1) is 0 Å². The first-order chi connectivity index (χ1) is 8.36. The predicted octanol–water partition coefficient (Wildman–Crippen LogP) is 0.957. The maximum absolute atomic E-state index is 12.0. The van der Waals surface area contributed by atoms with Crippen LogP contribution in [0.2, 0.25) is 0 Å². The van der Waals surface area contributed by atoms with Crippen molar-refractivity contribution in [1.82, 2.24) is 9.62 Å². The molecule has 0 amide bonds. The van der Waals surface area contributed by atoms with Gasteiger partial charge >= 0.3 is 0 Å². The van der Waals surface area contributed by atoms with Gasteiger partial charge in [0.25, 0.3) is 0 Å². The Kier molecular flexibility index (Phi) is 5.13. The van der Waals surface area contributed by atoms with Gasteiger partial charge in [-0.3, -0.25) is 0 Å². The van der Waals surface area contributed by atoms with E-state index in [-0.39, 0.29) is 10.9 Å². The van der Waals surface area contributed by atoms with Crippen molar-refractivity contribution < 1.29 is 8.42 Å². The molecule has 0 aliphatic heterocycles. The Labute approximate surface area is 109 Å². The molecule has 0 radical (unpaired) electrons. The number of rotatable bonds is 6. The summed E-state index contributed by atoms with van der Waals surface area (Å²) in [7, 11) is 2.21. The Morgan fingerprint density at radius 2 is 1.78 bits per heavy atom. The van der Waals surface area contributed by atoms with Crippen LogP contribution in [-0.2, 0) is 10.0 Å². The van der Waals surface area contributed by atoms with Crippen molar-refractivity contribution in [2.75, 3.05) is 33.0 Å². The highest BCUT2D eigenvalue weighted by Gasteiger charge is 2.15. The Morgan fingerprint density at radius 1 is 1.22 bits per heavy atom. The third-order valence-electron chi connectivity index (χ3n) is 2.90. The molecular weight excluding hydrogens is 250 g/mol. The molecule has 1 aromatic rings. The number of anilines is 1. The summed E-state index contributed by atoms with van der Waals surface area (Å²) in [6.07, 6.45) is 0. The molecule has 1 rings (SSSR count). The van der Waals surface area contributed by atoms with E-state index < -0.39 is 10.0 Å². The normalized spacial score (nSPS) is 13.6. The maximum Gasteiger partial charge on any atom is 0.240 e. The average molecular weight is 271 g/mol. The second-order valence-electron chi connectivity index (χ2n) is 4.44. The number of nitrogens with one attached hydrogen (secondary N) is 2. The second kappa shape index (κ2) is 6.17. The average Bonchev–Trinajstić information content (AvgIpc) is 2.36. The topological polar surface area (TPSA) is 61.4 Å². The monoisotopic (exact) mass is 271 g/mol. The highest BCUT2D eigenvalue weighted by atomic mass is 32.2. The minimum absolute atomic E-state index is 0.149. The smallest absolute Gasteiger partial charge is 0.240 e. The standard InChI is InChI=1S/C12H21N3O2S/c1-10(15(3)4)9-14-18(16,17)12-7-5-11(13-2)6-8-12/h5-8,10,13-14H,9H2,1-4H3. The number of benzene rings is 1. The van der Waals surface area contributed by atoms with E-state index in [4.69, 9.17) is 0 Å². The lowest BCUT2D eigenvalue weighted by molar-refractivity contribution is 0.314. The molecule has 0 aliphatic carbocycles. The number of sulfonamides is 1. The first kappa shape index (κ1) is 14.9. The molecule has 5 nitrogen and oxygen atoms in total. The highest BCUT2D eigenvalue weighted by Crippen LogP contribution is 2.13. The van der Waals surface area contributed by atoms with Crippen LogP contribution in [0.4, 0.5) is 5.69 Å². The molecule has 2 N–H and O–H groups in total. The van der Waals surface area contributed by atoms with E-state index in [1.807, 2.05) is 25.9 Å². The Morgan fingerprint density at radius 3 is 2.22 bits per heavy atom. The summed E-state index contributed by atoms with van der Waals surface area (Å²) in [5.41, 5.74) is 0.885. The molecule has 0 aliphatic rings. The van der Waals surface area contributed by atoms with Crippen LogP contribution >= 0.6 is 0 Å². The van der Waals surface area contributed by atoms with Gasteiger partial charge in [-0.25, -0.2) is 13.1 Å². The summed E-state index contributed by atoms with van der Waals surface area (Å²) in [6.45, 7) is 2.36. The van der Waals surface area contributed by atoms with Crippen LogP contribution in [0.1, 0.15) is 6.92 Å². The van der Waals surface area contributed by atoms with Crippen molar-refractivity contribution in [3.05, 3.63) is 24.3 Å². The number of hydrogen-bond acceptors (Lipinski definition) is 4. The molecule has 0 heterocycles. The third kappa shape index (κ3) is 3.97. The SMILES string of the molecule is CNc1ccc(S(=O)(=O)NCC(C)N(C)C)cc1. The predicted molar refractivity (Wildman–Crippen MR) is 74.3 cm³/mol. The third-order valence-corrected chi connectivity index (χ3v) is 4.34. The van der Waals surface area contributed by atoms with Crippen molar-refractivity contribution in [3.8, 4) is 0 Å². The fraction of sp³-hybridized carbons (Fsp3) is 0.500. The van der Waals surface area contributed by atoms with E-state index in [2.05, 4.69) is 10.0 Å². The molecule has 0 saturated carbocycles. The van der Waals surface area contributed by atoms with Gasteiger partial charge in [0.1, 0.15) is 0 Å².